The summed E-state index contributed by atoms with van der Waals surface area (Å²) in [5.74, 6) is 0.511. The van der Waals surface area contributed by atoms with Gasteiger partial charge in [0.2, 0.25) is 0 Å². The highest BCUT2D eigenvalue weighted by molar-refractivity contribution is 6.30. The molecular weight excluding hydrogens is 236 g/mol. The highest BCUT2D eigenvalue weighted by Gasteiger charge is 2.22. The number of rotatable bonds is 3. The van der Waals surface area contributed by atoms with Gasteiger partial charge in [-0.15, -0.1) is 0 Å². The van der Waals surface area contributed by atoms with Gasteiger partial charge >= 0.3 is 0 Å². The molecule has 0 aliphatic carbocycles. The zero-order valence-corrected chi connectivity index (χ0v) is 10.5. The molecule has 1 saturated heterocycles. The van der Waals surface area contributed by atoms with Crippen molar-refractivity contribution in [3.05, 3.63) is 28.8 Å². The number of ether oxygens (including phenoxy) is 1. The normalized spacial score (nSPS) is 20.9. The van der Waals surface area contributed by atoms with E-state index in [0.717, 1.165) is 25.3 Å². The van der Waals surface area contributed by atoms with Crippen molar-refractivity contribution in [3.63, 3.8) is 0 Å². The molecule has 0 spiro atoms. The molecular formula is C13H15ClN2O. The number of nitriles is 1. The summed E-state index contributed by atoms with van der Waals surface area (Å²) in [6.07, 6.45) is 1.07. The minimum atomic E-state index is 0.297. The van der Waals surface area contributed by atoms with Gasteiger partial charge in [0.05, 0.1) is 17.9 Å². The highest BCUT2D eigenvalue weighted by Crippen LogP contribution is 2.24. The molecule has 4 heteroatoms. The molecule has 0 radical (unpaired) electrons. The van der Waals surface area contributed by atoms with E-state index in [0.29, 0.717) is 22.5 Å². The molecule has 17 heavy (non-hydrogen) atoms. The van der Waals surface area contributed by atoms with Crippen LogP contribution in [0.4, 0.5) is 5.69 Å². The van der Waals surface area contributed by atoms with Gasteiger partial charge in [-0.25, -0.2) is 0 Å². The standard InChI is InChI=1S/C13H15ClN2O/c1-9(10-4-5-17-8-10)16-13-3-2-12(14)6-11(13)7-15/h2-3,6,9-10,16H,4-5,8H2,1H3. The van der Waals surface area contributed by atoms with Crippen LogP contribution >= 0.6 is 11.6 Å². The lowest BCUT2D eigenvalue weighted by atomic mass is 10.00. The lowest BCUT2D eigenvalue weighted by molar-refractivity contribution is 0.183. The molecule has 2 unspecified atom stereocenters. The van der Waals surface area contributed by atoms with Crippen LogP contribution in [0.1, 0.15) is 18.9 Å². The average molecular weight is 251 g/mol. The second-order valence-corrected chi connectivity index (χ2v) is 4.79. The van der Waals surface area contributed by atoms with E-state index < -0.39 is 0 Å². The summed E-state index contributed by atoms with van der Waals surface area (Å²) < 4.78 is 5.37. The first-order valence-electron chi connectivity index (χ1n) is 5.74. The third kappa shape index (κ3) is 2.91. The Bertz CT molecular complexity index is 436. The molecule has 1 aliphatic rings. The van der Waals surface area contributed by atoms with Gasteiger partial charge in [-0.3, -0.25) is 0 Å². The molecule has 2 atom stereocenters. The predicted octanol–water partition coefficient (Wildman–Crippen LogP) is 3.05. The zero-order chi connectivity index (χ0) is 12.3. The van der Waals surface area contributed by atoms with E-state index in [1.807, 2.05) is 6.07 Å². The van der Waals surface area contributed by atoms with E-state index in [2.05, 4.69) is 18.3 Å². The first-order chi connectivity index (χ1) is 8.20. The van der Waals surface area contributed by atoms with Crippen molar-refractivity contribution >= 4 is 17.3 Å². The van der Waals surface area contributed by atoms with E-state index in [9.17, 15) is 0 Å². The molecule has 2 rings (SSSR count). The minimum absolute atomic E-state index is 0.297. The van der Waals surface area contributed by atoms with Crippen molar-refractivity contribution in [1.82, 2.24) is 0 Å². The fraction of sp³-hybridized carbons (Fsp3) is 0.462. The molecule has 1 N–H and O–H groups in total. The monoisotopic (exact) mass is 250 g/mol. The maximum Gasteiger partial charge on any atom is 0.101 e. The number of nitrogens with one attached hydrogen (secondary N) is 1. The molecule has 1 aromatic carbocycles. The fourth-order valence-electron chi connectivity index (χ4n) is 2.05. The predicted molar refractivity (Wildman–Crippen MR) is 68.2 cm³/mol. The van der Waals surface area contributed by atoms with Crippen molar-refractivity contribution in [2.75, 3.05) is 18.5 Å². The number of hydrogen-bond donors (Lipinski definition) is 1. The van der Waals surface area contributed by atoms with E-state index in [-0.39, 0.29) is 0 Å². The maximum atomic E-state index is 9.05. The van der Waals surface area contributed by atoms with Crippen LogP contribution in [0, 0.1) is 17.2 Å². The molecule has 0 aromatic heterocycles. The molecule has 0 saturated carbocycles. The first-order valence-corrected chi connectivity index (χ1v) is 6.12. The minimum Gasteiger partial charge on any atom is -0.381 e. The van der Waals surface area contributed by atoms with Crippen molar-refractivity contribution in [3.8, 4) is 6.07 Å². The summed E-state index contributed by atoms with van der Waals surface area (Å²) in [6.45, 7) is 3.75. The van der Waals surface area contributed by atoms with E-state index in [1.165, 1.54) is 0 Å². The van der Waals surface area contributed by atoms with Crippen LogP contribution in [0.15, 0.2) is 18.2 Å². The number of anilines is 1. The van der Waals surface area contributed by atoms with Gasteiger partial charge in [0.15, 0.2) is 0 Å². The van der Waals surface area contributed by atoms with Crippen LogP contribution in [0.25, 0.3) is 0 Å². The summed E-state index contributed by atoms with van der Waals surface area (Å²) in [6, 6.07) is 7.78. The molecule has 1 heterocycles. The van der Waals surface area contributed by atoms with Gasteiger partial charge in [-0.05, 0) is 31.5 Å². The van der Waals surface area contributed by atoms with Crippen LogP contribution in [0.2, 0.25) is 5.02 Å². The Morgan fingerprint density at radius 1 is 1.59 bits per heavy atom. The van der Waals surface area contributed by atoms with E-state index in [4.69, 9.17) is 21.6 Å². The molecule has 1 aromatic rings. The topological polar surface area (TPSA) is 45.0 Å². The van der Waals surface area contributed by atoms with Gasteiger partial charge < -0.3 is 10.1 Å². The van der Waals surface area contributed by atoms with Crippen molar-refractivity contribution in [2.45, 2.75) is 19.4 Å². The summed E-state index contributed by atoms with van der Waals surface area (Å²) in [4.78, 5) is 0. The van der Waals surface area contributed by atoms with Crippen LogP contribution < -0.4 is 5.32 Å². The van der Waals surface area contributed by atoms with Crippen molar-refractivity contribution < 1.29 is 4.74 Å². The SMILES string of the molecule is CC(Nc1ccc(Cl)cc1C#N)C1CCOC1. The van der Waals surface area contributed by atoms with Gasteiger partial charge in [0, 0.05) is 23.6 Å². The summed E-state index contributed by atoms with van der Waals surface area (Å²) in [7, 11) is 0. The second kappa shape index (κ2) is 5.39. The highest BCUT2D eigenvalue weighted by atomic mass is 35.5. The maximum absolute atomic E-state index is 9.05. The Balaban J connectivity index is 2.10. The fourth-order valence-corrected chi connectivity index (χ4v) is 2.22. The quantitative estimate of drug-likeness (QED) is 0.897. The lowest BCUT2D eigenvalue weighted by Gasteiger charge is -2.21. The first kappa shape index (κ1) is 12.2. The Hall–Kier alpha value is -1.24. The van der Waals surface area contributed by atoms with Gasteiger partial charge in [-0.2, -0.15) is 5.26 Å². The smallest absolute Gasteiger partial charge is 0.101 e. The zero-order valence-electron chi connectivity index (χ0n) is 9.74. The van der Waals surface area contributed by atoms with E-state index in [1.54, 1.807) is 12.1 Å². The number of nitrogens with zero attached hydrogens (tertiary/aromatic N) is 1. The average Bonchev–Trinajstić information content (AvgIpc) is 2.85. The van der Waals surface area contributed by atoms with Gasteiger partial charge in [0.25, 0.3) is 0 Å². The van der Waals surface area contributed by atoms with Gasteiger partial charge in [-0.1, -0.05) is 11.6 Å². The summed E-state index contributed by atoms with van der Waals surface area (Å²) in [5, 5.41) is 13.0. The Morgan fingerprint density at radius 3 is 3.06 bits per heavy atom. The van der Waals surface area contributed by atoms with Crippen LogP contribution in [0.5, 0.6) is 0 Å². The lowest BCUT2D eigenvalue weighted by Crippen LogP contribution is -2.26. The summed E-state index contributed by atoms with van der Waals surface area (Å²) in [5.41, 5.74) is 1.43. The molecule has 1 aliphatic heterocycles. The Morgan fingerprint density at radius 2 is 2.41 bits per heavy atom. The molecule has 0 bridgehead atoms. The number of hydrogen-bond acceptors (Lipinski definition) is 3. The van der Waals surface area contributed by atoms with E-state index >= 15 is 0 Å². The Labute approximate surface area is 106 Å². The largest absolute Gasteiger partial charge is 0.381 e. The van der Waals surface area contributed by atoms with Crippen molar-refractivity contribution in [2.24, 2.45) is 5.92 Å². The molecule has 3 nitrogen and oxygen atoms in total. The van der Waals surface area contributed by atoms with Gasteiger partial charge in [0.1, 0.15) is 6.07 Å². The van der Waals surface area contributed by atoms with Crippen molar-refractivity contribution in [1.29, 1.82) is 5.26 Å². The molecule has 90 valence electrons. The molecule has 1 fully saturated rings. The second-order valence-electron chi connectivity index (χ2n) is 4.36. The number of benzene rings is 1. The van der Waals surface area contributed by atoms with Crippen LogP contribution in [-0.2, 0) is 4.74 Å². The summed E-state index contributed by atoms with van der Waals surface area (Å²) >= 11 is 5.86. The molecule has 0 amide bonds. The third-order valence-corrected chi connectivity index (χ3v) is 3.39. The number of halogens is 1. The van der Waals surface area contributed by atoms with Crippen LogP contribution in [0.3, 0.4) is 0 Å². The third-order valence-electron chi connectivity index (χ3n) is 3.16. The Kier molecular flexibility index (Phi) is 3.88. The van der Waals surface area contributed by atoms with Crippen LogP contribution in [-0.4, -0.2) is 19.3 Å².